The summed E-state index contributed by atoms with van der Waals surface area (Å²) in [6, 6.07) is 3.15. The van der Waals surface area contributed by atoms with Gasteiger partial charge in [-0.15, -0.1) is 11.3 Å². The summed E-state index contributed by atoms with van der Waals surface area (Å²) in [5, 5.41) is 18.7. The number of fused-ring (bicyclic) bond motifs is 1. The molecule has 4 rings (SSSR count). The van der Waals surface area contributed by atoms with Gasteiger partial charge in [-0.3, -0.25) is 24.4 Å². The van der Waals surface area contributed by atoms with Crippen LogP contribution in [0.15, 0.2) is 16.5 Å². The lowest BCUT2D eigenvalue weighted by Crippen LogP contribution is -2.27. The van der Waals surface area contributed by atoms with Crippen molar-refractivity contribution in [3.05, 3.63) is 61.2 Å². The molecule has 35 heavy (non-hydrogen) atoms. The standard InChI is InChI=1S/C24H29N5O5S/c1-12-20(29(32)33)13(2)28(27-12)11-15-7-9-17(34-15)22(31)26-23-19(21(25)30)16-8-6-14(24(3,4)5)10-18(16)35-23/h7,9,14H,6,8,10-11H2,1-5H3,(H2,25,30)(H,26,31). The summed E-state index contributed by atoms with van der Waals surface area (Å²) >= 11 is 1.40. The quantitative estimate of drug-likeness (QED) is 0.374. The van der Waals surface area contributed by atoms with Gasteiger partial charge in [0.25, 0.3) is 11.8 Å². The van der Waals surface area contributed by atoms with Crippen LogP contribution in [0.1, 0.15) is 75.7 Å². The molecule has 0 saturated heterocycles. The zero-order valence-corrected chi connectivity index (χ0v) is 21.2. The maximum absolute atomic E-state index is 12.9. The summed E-state index contributed by atoms with van der Waals surface area (Å²) in [5.74, 6) is -0.0900. The molecule has 0 aliphatic heterocycles. The van der Waals surface area contributed by atoms with Crippen molar-refractivity contribution in [3.8, 4) is 0 Å². The van der Waals surface area contributed by atoms with Gasteiger partial charge in [0.2, 0.25) is 0 Å². The van der Waals surface area contributed by atoms with Crippen molar-refractivity contribution in [1.29, 1.82) is 0 Å². The number of hydrogen-bond donors (Lipinski definition) is 2. The number of nitro groups is 1. The summed E-state index contributed by atoms with van der Waals surface area (Å²) in [7, 11) is 0. The fourth-order valence-electron chi connectivity index (χ4n) is 4.68. The van der Waals surface area contributed by atoms with Gasteiger partial charge >= 0.3 is 5.69 Å². The molecule has 1 aliphatic rings. The van der Waals surface area contributed by atoms with E-state index in [1.165, 1.54) is 22.1 Å². The van der Waals surface area contributed by atoms with Crippen molar-refractivity contribution in [2.24, 2.45) is 17.1 Å². The first kappa shape index (κ1) is 24.6. The number of nitrogens with zero attached hydrogens (tertiary/aromatic N) is 3. The predicted octanol–water partition coefficient (Wildman–Crippen LogP) is 4.61. The second-order valence-corrected chi connectivity index (χ2v) is 11.1. The Morgan fingerprint density at radius 1 is 1.34 bits per heavy atom. The van der Waals surface area contributed by atoms with Crippen LogP contribution in [0.5, 0.6) is 0 Å². The number of anilines is 1. The Labute approximate surface area is 206 Å². The lowest BCUT2D eigenvalue weighted by atomic mass is 9.72. The summed E-state index contributed by atoms with van der Waals surface area (Å²) in [4.78, 5) is 37.1. The van der Waals surface area contributed by atoms with Crippen LogP contribution in [0.4, 0.5) is 10.7 Å². The molecule has 0 spiro atoms. The first-order chi connectivity index (χ1) is 16.4. The Hall–Kier alpha value is -3.47. The Morgan fingerprint density at radius 2 is 2.06 bits per heavy atom. The van der Waals surface area contributed by atoms with E-state index in [-0.39, 0.29) is 23.4 Å². The number of aromatic nitrogens is 2. The van der Waals surface area contributed by atoms with Crippen LogP contribution in [0, 0.1) is 35.3 Å². The summed E-state index contributed by atoms with van der Waals surface area (Å²) in [6.45, 7) is 9.97. The highest BCUT2D eigenvalue weighted by atomic mass is 32.1. The second-order valence-electron chi connectivity index (χ2n) is 10.0. The molecule has 0 aromatic carbocycles. The third kappa shape index (κ3) is 4.72. The molecule has 3 aromatic heterocycles. The van der Waals surface area contributed by atoms with Crippen molar-refractivity contribution in [3.63, 3.8) is 0 Å². The van der Waals surface area contributed by atoms with Crippen LogP contribution in [0.3, 0.4) is 0 Å². The summed E-state index contributed by atoms with van der Waals surface area (Å²) in [6.07, 6.45) is 2.56. The fraction of sp³-hybridized carbons (Fsp3) is 0.458. The van der Waals surface area contributed by atoms with E-state index < -0.39 is 16.7 Å². The van der Waals surface area contributed by atoms with Gasteiger partial charge in [0, 0.05) is 4.88 Å². The molecule has 3 heterocycles. The number of nitrogens with one attached hydrogen (secondary N) is 1. The molecule has 1 aliphatic carbocycles. The van der Waals surface area contributed by atoms with Gasteiger partial charge < -0.3 is 15.5 Å². The minimum absolute atomic E-state index is 0.0381. The van der Waals surface area contributed by atoms with E-state index in [2.05, 4.69) is 31.2 Å². The van der Waals surface area contributed by atoms with Gasteiger partial charge in [-0.2, -0.15) is 5.10 Å². The normalized spacial score (nSPS) is 15.6. The van der Waals surface area contributed by atoms with Crippen LogP contribution in [-0.4, -0.2) is 26.5 Å². The minimum Gasteiger partial charge on any atom is -0.454 e. The van der Waals surface area contributed by atoms with Crippen LogP contribution in [0.2, 0.25) is 0 Å². The summed E-state index contributed by atoms with van der Waals surface area (Å²) < 4.78 is 7.17. The molecule has 3 aromatic rings. The highest BCUT2D eigenvalue weighted by Gasteiger charge is 2.34. The van der Waals surface area contributed by atoms with Gasteiger partial charge in [0.15, 0.2) is 5.76 Å². The van der Waals surface area contributed by atoms with Crippen LogP contribution < -0.4 is 11.1 Å². The molecule has 0 fully saturated rings. The average Bonchev–Trinajstić information content (AvgIpc) is 3.42. The van der Waals surface area contributed by atoms with Gasteiger partial charge in [-0.1, -0.05) is 20.8 Å². The number of aryl methyl sites for hydroxylation is 1. The van der Waals surface area contributed by atoms with E-state index in [0.29, 0.717) is 33.6 Å². The molecular weight excluding hydrogens is 470 g/mol. The SMILES string of the molecule is Cc1nn(Cc2ccc(C(=O)Nc3sc4c(c3C(N)=O)CCC(C(C)(C)C)C4)o2)c(C)c1[N+](=O)[O-]. The first-order valence-electron chi connectivity index (χ1n) is 11.4. The van der Waals surface area contributed by atoms with E-state index >= 15 is 0 Å². The highest BCUT2D eigenvalue weighted by Crippen LogP contribution is 2.44. The lowest BCUT2D eigenvalue weighted by Gasteiger charge is -2.33. The molecule has 1 unspecified atom stereocenters. The molecule has 3 N–H and O–H groups in total. The number of primary amides is 1. The topological polar surface area (TPSA) is 146 Å². The summed E-state index contributed by atoms with van der Waals surface area (Å²) in [5.41, 5.74) is 7.83. The maximum Gasteiger partial charge on any atom is 0.312 e. The van der Waals surface area contributed by atoms with E-state index in [9.17, 15) is 19.7 Å². The van der Waals surface area contributed by atoms with Gasteiger partial charge in [0.05, 0.1) is 17.0 Å². The maximum atomic E-state index is 12.9. The number of nitrogens with two attached hydrogens (primary N) is 1. The highest BCUT2D eigenvalue weighted by molar-refractivity contribution is 7.17. The molecule has 0 bridgehead atoms. The van der Waals surface area contributed by atoms with E-state index in [1.54, 1.807) is 19.9 Å². The molecule has 186 valence electrons. The van der Waals surface area contributed by atoms with E-state index in [4.69, 9.17) is 10.2 Å². The van der Waals surface area contributed by atoms with Crippen LogP contribution in [0.25, 0.3) is 0 Å². The monoisotopic (exact) mass is 499 g/mol. The van der Waals surface area contributed by atoms with Crippen molar-refractivity contribution >= 4 is 33.8 Å². The Balaban J connectivity index is 1.54. The minimum atomic E-state index is -0.557. The number of hydrogen-bond acceptors (Lipinski definition) is 7. The van der Waals surface area contributed by atoms with Gasteiger partial charge in [-0.05, 0) is 62.1 Å². The Bertz CT molecular complexity index is 1330. The van der Waals surface area contributed by atoms with Crippen molar-refractivity contribution in [1.82, 2.24) is 9.78 Å². The lowest BCUT2D eigenvalue weighted by molar-refractivity contribution is -0.386. The fourth-order valence-corrected chi connectivity index (χ4v) is 6.00. The average molecular weight is 500 g/mol. The van der Waals surface area contributed by atoms with Crippen molar-refractivity contribution in [2.75, 3.05) is 5.32 Å². The number of carbonyl (C=O) groups is 2. The molecule has 0 saturated carbocycles. The predicted molar refractivity (Wildman–Crippen MR) is 132 cm³/mol. The molecule has 1 atom stereocenters. The van der Waals surface area contributed by atoms with Gasteiger partial charge in [-0.25, -0.2) is 0 Å². The largest absolute Gasteiger partial charge is 0.454 e. The second kappa shape index (κ2) is 8.95. The molecule has 0 radical (unpaired) electrons. The number of thiophene rings is 1. The Kier molecular flexibility index (Phi) is 6.31. The van der Waals surface area contributed by atoms with Gasteiger partial charge in [0.1, 0.15) is 22.1 Å². The van der Waals surface area contributed by atoms with Crippen molar-refractivity contribution in [2.45, 2.75) is 60.4 Å². The van der Waals surface area contributed by atoms with E-state index in [1.807, 2.05) is 0 Å². The number of rotatable bonds is 6. The number of amides is 2. The molecule has 2 amide bonds. The number of furan rings is 1. The first-order valence-corrected chi connectivity index (χ1v) is 12.2. The zero-order chi connectivity index (χ0) is 25.7. The zero-order valence-electron chi connectivity index (χ0n) is 20.4. The Morgan fingerprint density at radius 3 is 2.66 bits per heavy atom. The third-order valence-corrected chi connectivity index (χ3v) is 7.85. The molecule has 10 nitrogen and oxygen atoms in total. The smallest absolute Gasteiger partial charge is 0.312 e. The van der Waals surface area contributed by atoms with E-state index in [0.717, 1.165) is 29.7 Å². The van der Waals surface area contributed by atoms with Crippen LogP contribution in [-0.2, 0) is 19.4 Å². The van der Waals surface area contributed by atoms with Crippen molar-refractivity contribution < 1.29 is 18.9 Å². The third-order valence-electron chi connectivity index (χ3n) is 6.68. The molecule has 11 heteroatoms. The number of carbonyl (C=O) groups excluding carboxylic acids is 2. The van der Waals surface area contributed by atoms with Crippen LogP contribution >= 0.6 is 11.3 Å². The molecular formula is C24H29N5O5S.